The predicted octanol–water partition coefficient (Wildman–Crippen LogP) is 1.90. The molecule has 0 bridgehead atoms. The number of aliphatic imine (C=N–C) groups is 1. The summed E-state index contributed by atoms with van der Waals surface area (Å²) in [4.78, 5) is 20.8. The molecule has 2 saturated heterocycles. The van der Waals surface area contributed by atoms with Crippen LogP contribution in [0.5, 0.6) is 0 Å². The van der Waals surface area contributed by atoms with E-state index in [4.69, 9.17) is 4.99 Å². The molecule has 0 spiro atoms. The average molecular weight is 465 g/mol. The largest absolute Gasteiger partial charge is 0.357 e. The van der Waals surface area contributed by atoms with Gasteiger partial charge in [-0.3, -0.25) is 14.7 Å². The molecule has 7 heteroatoms. The van der Waals surface area contributed by atoms with Gasteiger partial charge in [-0.1, -0.05) is 6.92 Å². The molecule has 146 valence electrons. The van der Waals surface area contributed by atoms with E-state index in [1.54, 1.807) is 0 Å². The van der Waals surface area contributed by atoms with Crippen LogP contribution in [0.2, 0.25) is 0 Å². The number of amides is 1. The van der Waals surface area contributed by atoms with Gasteiger partial charge in [0.15, 0.2) is 5.96 Å². The summed E-state index contributed by atoms with van der Waals surface area (Å²) in [5.41, 5.74) is 0. The zero-order valence-corrected chi connectivity index (χ0v) is 18.6. The highest BCUT2D eigenvalue weighted by molar-refractivity contribution is 14.0. The first-order valence-corrected chi connectivity index (χ1v) is 9.58. The number of hydrogen-bond acceptors (Lipinski definition) is 3. The fraction of sp³-hybridized carbons (Fsp3) is 0.889. The van der Waals surface area contributed by atoms with Crippen LogP contribution in [0, 0.1) is 5.92 Å². The minimum Gasteiger partial charge on any atom is -0.357 e. The van der Waals surface area contributed by atoms with Crippen LogP contribution in [0.1, 0.15) is 47.0 Å². The van der Waals surface area contributed by atoms with Gasteiger partial charge in [-0.25, -0.2) is 0 Å². The Labute approximate surface area is 170 Å². The van der Waals surface area contributed by atoms with Crippen molar-refractivity contribution in [3.63, 3.8) is 0 Å². The molecule has 2 heterocycles. The second-order valence-electron chi connectivity index (χ2n) is 7.37. The maximum absolute atomic E-state index is 11.6. The first-order valence-electron chi connectivity index (χ1n) is 9.58. The zero-order chi connectivity index (χ0) is 17.5. The first-order chi connectivity index (χ1) is 11.5. The van der Waals surface area contributed by atoms with Gasteiger partial charge in [0, 0.05) is 57.8 Å². The summed E-state index contributed by atoms with van der Waals surface area (Å²) in [6.07, 6.45) is 2.66. The molecule has 0 aromatic heterocycles. The Hall–Kier alpha value is -0.570. The summed E-state index contributed by atoms with van der Waals surface area (Å²) in [5.74, 6) is 1.84. The van der Waals surface area contributed by atoms with Crippen molar-refractivity contribution in [1.82, 2.24) is 20.4 Å². The number of guanidine groups is 1. The van der Waals surface area contributed by atoms with Crippen LogP contribution in [0.25, 0.3) is 0 Å². The summed E-state index contributed by atoms with van der Waals surface area (Å²) in [5, 5.41) is 6.96. The van der Waals surface area contributed by atoms with Gasteiger partial charge in [0.25, 0.3) is 0 Å². The highest BCUT2D eigenvalue weighted by Crippen LogP contribution is 2.18. The minimum atomic E-state index is 0. The van der Waals surface area contributed by atoms with Crippen LogP contribution in [-0.4, -0.2) is 73.0 Å². The smallest absolute Gasteiger partial charge is 0.222 e. The number of carbonyl (C=O) groups is 1. The highest BCUT2D eigenvalue weighted by atomic mass is 127. The van der Waals surface area contributed by atoms with Crippen molar-refractivity contribution in [3.8, 4) is 0 Å². The number of nitrogens with one attached hydrogen (secondary N) is 2. The normalized spacial score (nSPS) is 24.8. The number of likely N-dealkylation sites (tertiary alicyclic amines) is 2. The Kier molecular flexibility index (Phi) is 10.1. The van der Waals surface area contributed by atoms with Crippen LogP contribution in [0.15, 0.2) is 4.99 Å². The topological polar surface area (TPSA) is 60.0 Å². The van der Waals surface area contributed by atoms with Crippen LogP contribution >= 0.6 is 24.0 Å². The lowest BCUT2D eigenvalue weighted by Crippen LogP contribution is -2.47. The Bertz CT molecular complexity index is 443. The van der Waals surface area contributed by atoms with Crippen LogP contribution in [0.4, 0.5) is 0 Å². The molecule has 0 radical (unpaired) electrons. The van der Waals surface area contributed by atoms with Gasteiger partial charge in [0.1, 0.15) is 0 Å². The van der Waals surface area contributed by atoms with E-state index < -0.39 is 0 Å². The monoisotopic (exact) mass is 465 g/mol. The van der Waals surface area contributed by atoms with Crippen LogP contribution in [-0.2, 0) is 4.79 Å². The fourth-order valence-corrected chi connectivity index (χ4v) is 3.50. The van der Waals surface area contributed by atoms with E-state index in [2.05, 4.69) is 43.2 Å². The number of nitrogens with zero attached hydrogens (tertiary/aromatic N) is 3. The highest BCUT2D eigenvalue weighted by Gasteiger charge is 2.31. The molecule has 0 aromatic rings. The van der Waals surface area contributed by atoms with Crippen LogP contribution in [0.3, 0.4) is 0 Å². The van der Waals surface area contributed by atoms with E-state index in [9.17, 15) is 4.79 Å². The second-order valence-corrected chi connectivity index (χ2v) is 7.37. The maximum Gasteiger partial charge on any atom is 0.222 e. The van der Waals surface area contributed by atoms with Crippen molar-refractivity contribution in [1.29, 1.82) is 0 Å². The van der Waals surface area contributed by atoms with Gasteiger partial charge < -0.3 is 15.5 Å². The van der Waals surface area contributed by atoms with Crippen molar-refractivity contribution in [3.05, 3.63) is 0 Å². The average Bonchev–Trinajstić information content (AvgIpc) is 3.10. The number of carbonyl (C=O) groups excluding carboxylic acids is 1. The molecular formula is C18H36IN5O. The molecule has 2 N–H and O–H groups in total. The molecule has 2 aliphatic heterocycles. The van der Waals surface area contributed by atoms with E-state index in [0.717, 1.165) is 64.5 Å². The van der Waals surface area contributed by atoms with Gasteiger partial charge in [-0.15, -0.1) is 24.0 Å². The summed E-state index contributed by atoms with van der Waals surface area (Å²) < 4.78 is 0. The standard InChI is InChI=1S/C18H35N5O.HI/c1-5-19-18(20-9-7-11-22-10-6-8-17(22)24)21-16-13-23(14(2)3)12-15(16)4;/h14-16H,5-13H2,1-4H3,(H2,19,20,21);1H. The van der Waals surface area contributed by atoms with Crippen molar-refractivity contribution in [2.24, 2.45) is 10.9 Å². The maximum atomic E-state index is 11.6. The second kappa shape index (κ2) is 11.2. The van der Waals surface area contributed by atoms with Gasteiger partial charge in [-0.05, 0) is 39.5 Å². The Morgan fingerprint density at radius 3 is 2.68 bits per heavy atom. The Balaban J connectivity index is 0.00000312. The fourth-order valence-electron chi connectivity index (χ4n) is 3.50. The molecule has 0 saturated carbocycles. The van der Waals surface area contributed by atoms with Crippen molar-refractivity contribution >= 4 is 35.8 Å². The summed E-state index contributed by atoms with van der Waals surface area (Å²) in [7, 11) is 0. The molecule has 2 rings (SSSR count). The SMILES string of the molecule is CCNC(=NCCCN1CCCC1=O)NC1CN(C(C)C)CC1C.I. The third-order valence-electron chi connectivity index (χ3n) is 5.06. The minimum absolute atomic E-state index is 0. The Morgan fingerprint density at radius 1 is 1.36 bits per heavy atom. The quantitative estimate of drug-likeness (QED) is 0.261. The van der Waals surface area contributed by atoms with E-state index in [0.29, 0.717) is 23.9 Å². The third-order valence-corrected chi connectivity index (χ3v) is 5.06. The van der Waals surface area contributed by atoms with E-state index >= 15 is 0 Å². The number of hydrogen-bond donors (Lipinski definition) is 2. The summed E-state index contributed by atoms with van der Waals surface area (Å²) in [6.45, 7) is 14.5. The van der Waals surface area contributed by atoms with E-state index in [1.807, 2.05) is 4.90 Å². The summed E-state index contributed by atoms with van der Waals surface area (Å²) >= 11 is 0. The molecule has 2 atom stereocenters. The molecule has 1 amide bonds. The third kappa shape index (κ3) is 6.92. The van der Waals surface area contributed by atoms with Gasteiger partial charge >= 0.3 is 0 Å². The molecule has 0 aromatic carbocycles. The molecule has 2 unspecified atom stereocenters. The van der Waals surface area contributed by atoms with Crippen molar-refractivity contribution in [2.75, 3.05) is 39.3 Å². The van der Waals surface area contributed by atoms with E-state index in [-0.39, 0.29) is 24.0 Å². The lowest BCUT2D eigenvalue weighted by molar-refractivity contribution is -0.127. The molecule has 25 heavy (non-hydrogen) atoms. The lowest BCUT2D eigenvalue weighted by Gasteiger charge is -2.22. The summed E-state index contributed by atoms with van der Waals surface area (Å²) in [6, 6.07) is 1.04. The van der Waals surface area contributed by atoms with Crippen LogP contribution < -0.4 is 10.6 Å². The molecular weight excluding hydrogens is 429 g/mol. The van der Waals surface area contributed by atoms with Crippen molar-refractivity contribution < 1.29 is 4.79 Å². The number of rotatable bonds is 7. The molecule has 2 aliphatic rings. The molecule has 0 aliphatic carbocycles. The predicted molar refractivity (Wildman–Crippen MR) is 115 cm³/mol. The van der Waals surface area contributed by atoms with Gasteiger partial charge in [0.2, 0.25) is 5.91 Å². The lowest BCUT2D eigenvalue weighted by atomic mass is 10.1. The number of halogens is 1. The van der Waals surface area contributed by atoms with E-state index in [1.165, 1.54) is 0 Å². The molecule has 2 fully saturated rings. The Morgan fingerprint density at radius 2 is 2.12 bits per heavy atom. The first kappa shape index (κ1) is 22.5. The van der Waals surface area contributed by atoms with Gasteiger partial charge in [0.05, 0.1) is 0 Å². The zero-order valence-electron chi connectivity index (χ0n) is 16.3. The van der Waals surface area contributed by atoms with Crippen molar-refractivity contribution in [2.45, 2.75) is 59.0 Å². The van der Waals surface area contributed by atoms with Gasteiger partial charge in [-0.2, -0.15) is 0 Å². The molecule has 6 nitrogen and oxygen atoms in total.